The van der Waals surface area contributed by atoms with Crippen molar-refractivity contribution in [3.8, 4) is 0 Å². The fraction of sp³-hybridized carbons (Fsp3) is 0.231. The van der Waals surface area contributed by atoms with Gasteiger partial charge in [-0.15, -0.1) is 0 Å². The number of amidine groups is 1. The highest BCUT2D eigenvalue weighted by Crippen LogP contribution is 2.15. The minimum Gasteiger partial charge on any atom is -0.384 e. The van der Waals surface area contributed by atoms with E-state index in [1.807, 2.05) is 0 Å². The summed E-state index contributed by atoms with van der Waals surface area (Å²) in [6.45, 7) is 1.87. The van der Waals surface area contributed by atoms with Crippen molar-refractivity contribution in [1.82, 2.24) is 14.3 Å². The van der Waals surface area contributed by atoms with Gasteiger partial charge in [-0.25, -0.2) is 13.4 Å². The summed E-state index contributed by atoms with van der Waals surface area (Å²) in [6, 6.07) is 6.94. The second-order valence-corrected chi connectivity index (χ2v) is 6.72. The van der Waals surface area contributed by atoms with Gasteiger partial charge in [-0.2, -0.15) is 4.31 Å². The number of H-pyrrole nitrogens is 1. The number of imidazole rings is 1. The van der Waals surface area contributed by atoms with E-state index in [4.69, 9.17) is 11.1 Å². The second-order valence-electron chi connectivity index (χ2n) is 4.71. The molecule has 2 rings (SSSR count). The zero-order valence-corrected chi connectivity index (χ0v) is 12.6. The SMILES string of the molecule is Cc1ncc(S(=O)(=O)N(C)Cc2cccc(C(=N)N)c2)[nH]1. The van der Waals surface area contributed by atoms with Crippen LogP contribution in [0.5, 0.6) is 0 Å². The van der Waals surface area contributed by atoms with Crippen LogP contribution in [0.1, 0.15) is 17.0 Å². The Morgan fingerprint density at radius 2 is 2.19 bits per heavy atom. The van der Waals surface area contributed by atoms with E-state index in [-0.39, 0.29) is 17.4 Å². The van der Waals surface area contributed by atoms with Crippen molar-refractivity contribution >= 4 is 15.9 Å². The number of aryl methyl sites for hydroxylation is 1. The Hall–Kier alpha value is -2.19. The van der Waals surface area contributed by atoms with Crippen molar-refractivity contribution in [3.63, 3.8) is 0 Å². The van der Waals surface area contributed by atoms with E-state index < -0.39 is 10.0 Å². The van der Waals surface area contributed by atoms with Gasteiger partial charge in [-0.1, -0.05) is 18.2 Å². The van der Waals surface area contributed by atoms with Crippen molar-refractivity contribution in [1.29, 1.82) is 5.41 Å². The van der Waals surface area contributed by atoms with Crippen molar-refractivity contribution in [3.05, 3.63) is 47.4 Å². The minimum atomic E-state index is -3.62. The smallest absolute Gasteiger partial charge is 0.260 e. The fourth-order valence-electron chi connectivity index (χ4n) is 1.88. The van der Waals surface area contributed by atoms with Crippen molar-refractivity contribution in [2.45, 2.75) is 18.5 Å². The molecule has 1 aromatic heterocycles. The second kappa shape index (κ2) is 5.66. The number of hydrogen-bond donors (Lipinski definition) is 3. The third kappa shape index (κ3) is 3.29. The van der Waals surface area contributed by atoms with Gasteiger partial charge >= 0.3 is 0 Å². The lowest BCUT2D eigenvalue weighted by Crippen LogP contribution is -2.27. The minimum absolute atomic E-state index is 0.0495. The lowest BCUT2D eigenvalue weighted by Gasteiger charge is -2.16. The highest BCUT2D eigenvalue weighted by Gasteiger charge is 2.23. The Labute approximate surface area is 123 Å². The molecule has 21 heavy (non-hydrogen) atoms. The monoisotopic (exact) mass is 307 g/mol. The first kappa shape index (κ1) is 15.2. The van der Waals surface area contributed by atoms with Crippen molar-refractivity contribution in [2.24, 2.45) is 5.73 Å². The maximum Gasteiger partial charge on any atom is 0.260 e. The number of nitrogens with one attached hydrogen (secondary N) is 2. The standard InChI is InChI=1S/C13H17N5O2S/c1-9-16-7-12(17-9)21(19,20)18(2)8-10-4-3-5-11(6-10)13(14)15/h3-7H,8H2,1-2H3,(H3,14,15)(H,16,17). The van der Waals surface area contributed by atoms with Gasteiger partial charge in [0.05, 0.1) is 6.20 Å². The average molecular weight is 307 g/mol. The molecule has 1 aromatic carbocycles. The van der Waals surface area contributed by atoms with Crippen LogP contribution < -0.4 is 5.73 Å². The van der Waals surface area contributed by atoms with Gasteiger partial charge in [-0.05, 0) is 18.6 Å². The maximum absolute atomic E-state index is 12.4. The molecule has 112 valence electrons. The van der Waals surface area contributed by atoms with Crippen LogP contribution in [0.25, 0.3) is 0 Å². The van der Waals surface area contributed by atoms with Crippen LogP contribution in [0.3, 0.4) is 0 Å². The summed E-state index contributed by atoms with van der Waals surface area (Å²) in [6.07, 6.45) is 1.30. The van der Waals surface area contributed by atoms with Crippen LogP contribution in [-0.4, -0.2) is 35.6 Å². The van der Waals surface area contributed by atoms with E-state index in [1.165, 1.54) is 17.5 Å². The Bertz CT molecular complexity index is 766. The Kier molecular flexibility index (Phi) is 4.10. The normalized spacial score (nSPS) is 11.8. The Morgan fingerprint density at radius 1 is 1.48 bits per heavy atom. The summed E-state index contributed by atoms with van der Waals surface area (Å²) < 4.78 is 25.9. The molecule has 2 aromatic rings. The Balaban J connectivity index is 2.23. The molecule has 0 atom stereocenters. The molecule has 0 aliphatic heterocycles. The van der Waals surface area contributed by atoms with Gasteiger partial charge in [-0.3, -0.25) is 5.41 Å². The highest BCUT2D eigenvalue weighted by molar-refractivity contribution is 7.89. The zero-order valence-electron chi connectivity index (χ0n) is 11.8. The molecule has 0 bridgehead atoms. The van der Waals surface area contributed by atoms with Gasteiger partial charge in [0, 0.05) is 19.2 Å². The molecule has 0 saturated heterocycles. The quantitative estimate of drug-likeness (QED) is 0.560. The van der Waals surface area contributed by atoms with Gasteiger partial charge in [0.15, 0.2) is 5.03 Å². The molecule has 0 saturated carbocycles. The fourth-order valence-corrected chi connectivity index (χ4v) is 2.99. The molecular formula is C13H17N5O2S. The molecule has 0 spiro atoms. The van der Waals surface area contributed by atoms with Gasteiger partial charge < -0.3 is 10.7 Å². The number of nitrogen functional groups attached to an aromatic ring is 1. The zero-order chi connectivity index (χ0) is 15.6. The lowest BCUT2D eigenvalue weighted by molar-refractivity contribution is 0.464. The summed E-state index contributed by atoms with van der Waals surface area (Å²) in [5.74, 6) is 0.493. The summed E-state index contributed by atoms with van der Waals surface area (Å²) in [7, 11) is -2.13. The van der Waals surface area contributed by atoms with Gasteiger partial charge in [0.2, 0.25) is 0 Å². The number of nitrogens with two attached hydrogens (primary N) is 1. The average Bonchev–Trinajstić information content (AvgIpc) is 2.86. The molecule has 0 amide bonds. The molecule has 1 heterocycles. The summed E-state index contributed by atoms with van der Waals surface area (Å²) in [5.41, 5.74) is 6.75. The van der Waals surface area contributed by atoms with Crippen LogP contribution in [0.4, 0.5) is 0 Å². The third-order valence-electron chi connectivity index (χ3n) is 3.01. The first-order chi connectivity index (χ1) is 9.80. The number of sulfonamides is 1. The molecule has 7 nitrogen and oxygen atoms in total. The van der Waals surface area contributed by atoms with Crippen molar-refractivity contribution < 1.29 is 8.42 Å². The molecule has 8 heteroatoms. The maximum atomic E-state index is 12.4. The predicted molar refractivity (Wildman–Crippen MR) is 79.4 cm³/mol. The first-order valence-corrected chi connectivity index (χ1v) is 7.66. The molecule has 0 unspecified atom stereocenters. The van der Waals surface area contributed by atoms with E-state index in [0.717, 1.165) is 5.56 Å². The number of rotatable bonds is 5. The van der Waals surface area contributed by atoms with E-state index in [1.54, 1.807) is 31.2 Å². The largest absolute Gasteiger partial charge is 0.384 e. The number of aromatic nitrogens is 2. The number of aromatic amines is 1. The summed E-state index contributed by atoms with van der Waals surface area (Å²) >= 11 is 0. The predicted octanol–water partition coefficient (Wildman–Crippen LogP) is 0.823. The van der Waals surface area contributed by atoms with E-state index in [2.05, 4.69) is 9.97 Å². The van der Waals surface area contributed by atoms with E-state index in [0.29, 0.717) is 11.4 Å². The van der Waals surface area contributed by atoms with Gasteiger partial charge in [0.25, 0.3) is 10.0 Å². The summed E-state index contributed by atoms with van der Waals surface area (Å²) in [4.78, 5) is 6.62. The first-order valence-electron chi connectivity index (χ1n) is 6.22. The van der Waals surface area contributed by atoms with Crippen LogP contribution in [0, 0.1) is 12.3 Å². The van der Waals surface area contributed by atoms with E-state index >= 15 is 0 Å². The highest BCUT2D eigenvalue weighted by atomic mass is 32.2. The Morgan fingerprint density at radius 3 is 2.76 bits per heavy atom. The topological polar surface area (TPSA) is 116 Å². The number of benzene rings is 1. The van der Waals surface area contributed by atoms with Crippen LogP contribution in [0.15, 0.2) is 35.5 Å². The molecule has 0 fully saturated rings. The van der Waals surface area contributed by atoms with Crippen LogP contribution >= 0.6 is 0 Å². The number of hydrogen-bond acceptors (Lipinski definition) is 4. The van der Waals surface area contributed by atoms with Crippen molar-refractivity contribution in [2.75, 3.05) is 7.05 Å². The number of nitrogens with zero attached hydrogens (tertiary/aromatic N) is 2. The molecule has 0 radical (unpaired) electrons. The van der Waals surface area contributed by atoms with Crippen LogP contribution in [0.2, 0.25) is 0 Å². The third-order valence-corrected chi connectivity index (χ3v) is 4.72. The molecule has 4 N–H and O–H groups in total. The molecular weight excluding hydrogens is 290 g/mol. The van der Waals surface area contributed by atoms with Gasteiger partial charge in [0.1, 0.15) is 11.7 Å². The summed E-state index contributed by atoms with van der Waals surface area (Å²) in [5, 5.41) is 7.47. The van der Waals surface area contributed by atoms with E-state index in [9.17, 15) is 8.42 Å². The molecule has 0 aliphatic rings. The molecule has 0 aliphatic carbocycles. The van der Waals surface area contributed by atoms with Crippen LogP contribution in [-0.2, 0) is 16.6 Å². The lowest BCUT2D eigenvalue weighted by atomic mass is 10.1.